The normalized spacial score (nSPS) is 20.2. The highest BCUT2D eigenvalue weighted by Gasteiger charge is 2.14. The van der Waals surface area contributed by atoms with Gasteiger partial charge in [-0.3, -0.25) is 0 Å². The van der Waals surface area contributed by atoms with Gasteiger partial charge in [-0.15, -0.1) is 0 Å². The Balaban J connectivity index is 1.98. The monoisotopic (exact) mass is 239 g/mol. The van der Waals surface area contributed by atoms with E-state index < -0.39 is 0 Å². The number of hydrogen-bond donors (Lipinski definition) is 1. The van der Waals surface area contributed by atoms with Gasteiger partial charge in [0.2, 0.25) is 0 Å². The quantitative estimate of drug-likeness (QED) is 0.868. The maximum atomic E-state index is 13.6. The standard InChI is InChI=1S/C13H18FNO2/c1-2-16-13-4-3-10(8-12(13)14)7-11-9-15-5-6-17-11/h3-4,8,11,15H,2,5-7,9H2,1H3. The summed E-state index contributed by atoms with van der Waals surface area (Å²) >= 11 is 0. The molecule has 4 heteroatoms. The van der Waals surface area contributed by atoms with Crippen molar-refractivity contribution < 1.29 is 13.9 Å². The molecule has 0 bridgehead atoms. The van der Waals surface area contributed by atoms with Crippen molar-refractivity contribution in [2.45, 2.75) is 19.4 Å². The highest BCUT2D eigenvalue weighted by atomic mass is 19.1. The van der Waals surface area contributed by atoms with E-state index in [1.807, 2.05) is 13.0 Å². The summed E-state index contributed by atoms with van der Waals surface area (Å²) in [7, 11) is 0. The first-order valence-electron chi connectivity index (χ1n) is 6.03. The highest BCUT2D eigenvalue weighted by molar-refractivity contribution is 5.29. The summed E-state index contributed by atoms with van der Waals surface area (Å²) < 4.78 is 24.4. The van der Waals surface area contributed by atoms with Gasteiger partial charge in [0, 0.05) is 13.1 Å². The van der Waals surface area contributed by atoms with Crippen LogP contribution < -0.4 is 10.1 Å². The van der Waals surface area contributed by atoms with Crippen molar-refractivity contribution in [1.29, 1.82) is 0 Å². The molecule has 1 heterocycles. The number of rotatable bonds is 4. The minimum absolute atomic E-state index is 0.140. The molecule has 17 heavy (non-hydrogen) atoms. The van der Waals surface area contributed by atoms with Crippen molar-refractivity contribution in [2.24, 2.45) is 0 Å². The van der Waals surface area contributed by atoms with Gasteiger partial charge in [-0.05, 0) is 31.0 Å². The molecule has 94 valence electrons. The lowest BCUT2D eigenvalue weighted by Gasteiger charge is -2.23. The van der Waals surface area contributed by atoms with Crippen LogP contribution in [0.15, 0.2) is 18.2 Å². The Morgan fingerprint density at radius 1 is 1.53 bits per heavy atom. The Morgan fingerprint density at radius 3 is 3.06 bits per heavy atom. The number of nitrogens with one attached hydrogen (secondary N) is 1. The van der Waals surface area contributed by atoms with E-state index in [-0.39, 0.29) is 11.9 Å². The third-order valence-electron chi connectivity index (χ3n) is 2.76. The molecule has 0 aromatic heterocycles. The first-order valence-corrected chi connectivity index (χ1v) is 6.03. The fraction of sp³-hybridized carbons (Fsp3) is 0.538. The molecule has 1 saturated heterocycles. The minimum Gasteiger partial charge on any atom is -0.491 e. The second-order valence-electron chi connectivity index (χ2n) is 4.10. The van der Waals surface area contributed by atoms with Gasteiger partial charge in [-0.25, -0.2) is 4.39 Å². The molecular formula is C13H18FNO2. The van der Waals surface area contributed by atoms with Crippen LogP contribution in [-0.4, -0.2) is 32.4 Å². The van der Waals surface area contributed by atoms with Crippen molar-refractivity contribution in [3.8, 4) is 5.75 Å². The molecule has 3 nitrogen and oxygen atoms in total. The number of ether oxygens (including phenoxy) is 2. The zero-order chi connectivity index (χ0) is 12.1. The summed E-state index contributed by atoms with van der Waals surface area (Å²) in [4.78, 5) is 0. The van der Waals surface area contributed by atoms with Crippen molar-refractivity contribution in [3.05, 3.63) is 29.6 Å². The topological polar surface area (TPSA) is 30.5 Å². The smallest absolute Gasteiger partial charge is 0.165 e. The summed E-state index contributed by atoms with van der Waals surface area (Å²) in [5, 5.41) is 3.26. The molecule has 1 unspecified atom stereocenters. The molecule has 1 aromatic carbocycles. The van der Waals surface area contributed by atoms with Crippen LogP contribution >= 0.6 is 0 Å². The number of benzene rings is 1. The van der Waals surface area contributed by atoms with Crippen molar-refractivity contribution >= 4 is 0 Å². The lowest BCUT2D eigenvalue weighted by atomic mass is 10.1. The molecule has 0 aliphatic carbocycles. The van der Waals surface area contributed by atoms with E-state index in [0.29, 0.717) is 12.4 Å². The molecule has 1 aliphatic heterocycles. The van der Waals surface area contributed by atoms with Gasteiger partial charge >= 0.3 is 0 Å². The molecule has 0 amide bonds. The van der Waals surface area contributed by atoms with Crippen LogP contribution in [-0.2, 0) is 11.2 Å². The first-order chi connectivity index (χ1) is 8.29. The van der Waals surface area contributed by atoms with Crippen LogP contribution in [0.2, 0.25) is 0 Å². The summed E-state index contributed by atoms with van der Waals surface area (Å²) in [5.74, 6) is 0.0204. The predicted octanol–water partition coefficient (Wildman–Crippen LogP) is 1.76. The Labute approximate surface area is 101 Å². The lowest BCUT2D eigenvalue weighted by Crippen LogP contribution is -2.39. The molecule has 1 N–H and O–H groups in total. The van der Waals surface area contributed by atoms with Crippen molar-refractivity contribution in [3.63, 3.8) is 0 Å². The molecule has 0 spiro atoms. The molecule has 1 aromatic rings. The zero-order valence-corrected chi connectivity index (χ0v) is 10.0. The molecule has 1 atom stereocenters. The average molecular weight is 239 g/mol. The van der Waals surface area contributed by atoms with E-state index in [2.05, 4.69) is 5.32 Å². The van der Waals surface area contributed by atoms with E-state index in [0.717, 1.165) is 31.7 Å². The molecule has 1 fully saturated rings. The highest BCUT2D eigenvalue weighted by Crippen LogP contribution is 2.19. The molecule has 0 radical (unpaired) electrons. The van der Waals surface area contributed by atoms with Crippen LogP contribution in [0, 0.1) is 5.82 Å². The number of morpholine rings is 1. The van der Waals surface area contributed by atoms with E-state index >= 15 is 0 Å². The Morgan fingerprint density at radius 2 is 2.41 bits per heavy atom. The largest absolute Gasteiger partial charge is 0.491 e. The van der Waals surface area contributed by atoms with E-state index in [1.165, 1.54) is 6.07 Å². The van der Waals surface area contributed by atoms with Gasteiger partial charge in [0.05, 0.1) is 19.3 Å². The summed E-state index contributed by atoms with van der Waals surface area (Å²) in [6.45, 7) is 4.77. The first kappa shape index (κ1) is 12.3. The summed E-state index contributed by atoms with van der Waals surface area (Å²) in [6, 6.07) is 5.11. The summed E-state index contributed by atoms with van der Waals surface area (Å²) in [5.41, 5.74) is 0.944. The van der Waals surface area contributed by atoms with Crippen molar-refractivity contribution in [2.75, 3.05) is 26.3 Å². The molecule has 0 saturated carbocycles. The molecular weight excluding hydrogens is 221 g/mol. The van der Waals surface area contributed by atoms with Crippen LogP contribution in [0.3, 0.4) is 0 Å². The van der Waals surface area contributed by atoms with Gasteiger partial charge in [0.25, 0.3) is 0 Å². The lowest BCUT2D eigenvalue weighted by molar-refractivity contribution is 0.0292. The fourth-order valence-electron chi connectivity index (χ4n) is 1.96. The van der Waals surface area contributed by atoms with Gasteiger partial charge in [0.1, 0.15) is 0 Å². The van der Waals surface area contributed by atoms with Gasteiger partial charge < -0.3 is 14.8 Å². The third-order valence-corrected chi connectivity index (χ3v) is 2.76. The molecule has 2 rings (SSSR count). The van der Waals surface area contributed by atoms with Crippen LogP contribution in [0.1, 0.15) is 12.5 Å². The Bertz CT molecular complexity index is 364. The van der Waals surface area contributed by atoms with Crippen LogP contribution in [0.4, 0.5) is 4.39 Å². The van der Waals surface area contributed by atoms with Gasteiger partial charge in [-0.2, -0.15) is 0 Å². The van der Waals surface area contributed by atoms with Crippen LogP contribution in [0.25, 0.3) is 0 Å². The maximum absolute atomic E-state index is 13.6. The zero-order valence-electron chi connectivity index (χ0n) is 10.0. The van der Waals surface area contributed by atoms with E-state index in [1.54, 1.807) is 6.07 Å². The fourth-order valence-corrected chi connectivity index (χ4v) is 1.96. The van der Waals surface area contributed by atoms with Gasteiger partial charge in [-0.1, -0.05) is 6.07 Å². The second kappa shape index (κ2) is 5.98. The minimum atomic E-state index is -0.298. The maximum Gasteiger partial charge on any atom is 0.165 e. The second-order valence-corrected chi connectivity index (χ2v) is 4.10. The van der Waals surface area contributed by atoms with Crippen LogP contribution in [0.5, 0.6) is 5.75 Å². The van der Waals surface area contributed by atoms with E-state index in [9.17, 15) is 4.39 Å². The predicted molar refractivity (Wildman–Crippen MR) is 63.9 cm³/mol. The number of hydrogen-bond acceptors (Lipinski definition) is 3. The third kappa shape index (κ3) is 3.41. The SMILES string of the molecule is CCOc1ccc(CC2CNCCO2)cc1F. The van der Waals surface area contributed by atoms with Gasteiger partial charge in [0.15, 0.2) is 11.6 Å². The Kier molecular flexibility index (Phi) is 4.34. The molecule has 1 aliphatic rings. The average Bonchev–Trinajstić information content (AvgIpc) is 2.34. The summed E-state index contributed by atoms with van der Waals surface area (Å²) in [6.07, 6.45) is 0.872. The number of halogens is 1. The Hall–Kier alpha value is -1.13. The van der Waals surface area contributed by atoms with Crippen molar-refractivity contribution in [1.82, 2.24) is 5.32 Å². The van der Waals surface area contributed by atoms with E-state index in [4.69, 9.17) is 9.47 Å².